The fourth-order valence-corrected chi connectivity index (χ4v) is 4.02. The molecule has 4 atom stereocenters. The highest BCUT2D eigenvalue weighted by molar-refractivity contribution is 5.65. The molecule has 2 N–H and O–H groups in total. The first-order chi connectivity index (χ1) is 14.2. The van der Waals surface area contributed by atoms with Crippen molar-refractivity contribution in [3.8, 4) is 28.8 Å². The van der Waals surface area contributed by atoms with E-state index < -0.39 is 12.3 Å². The molecule has 2 saturated heterocycles. The normalized spacial score (nSPS) is 26.2. The molecule has 0 aromatic carbocycles. The Balaban J connectivity index is 1.31. The highest BCUT2D eigenvalue weighted by atomic mass is 19.1. The average molecular weight is 397 g/mol. The number of alkyl halides is 1. The van der Waals surface area contributed by atoms with Gasteiger partial charge in [-0.2, -0.15) is 0 Å². The zero-order valence-electron chi connectivity index (χ0n) is 15.5. The summed E-state index contributed by atoms with van der Waals surface area (Å²) in [7, 11) is 0. The minimum absolute atomic E-state index is 0.0107. The van der Waals surface area contributed by atoms with Gasteiger partial charge in [-0.1, -0.05) is 11.5 Å². The molecule has 3 aromatic heterocycles. The summed E-state index contributed by atoms with van der Waals surface area (Å²) in [5.74, 6) is 0.513. The Morgan fingerprint density at radius 2 is 2.14 bits per heavy atom. The third-order valence-electron chi connectivity index (χ3n) is 5.48. The predicted octanol–water partition coefficient (Wildman–Crippen LogP) is 1.82. The molecule has 0 radical (unpaired) electrons. The van der Waals surface area contributed by atoms with Gasteiger partial charge in [-0.15, -0.1) is 5.10 Å². The number of fused-ring (bicyclic) bond motifs is 2. The van der Waals surface area contributed by atoms with E-state index in [1.165, 1.54) is 18.5 Å². The van der Waals surface area contributed by atoms with Gasteiger partial charge < -0.3 is 15.2 Å². The lowest BCUT2D eigenvalue weighted by Crippen LogP contribution is -2.59. The summed E-state index contributed by atoms with van der Waals surface area (Å²) >= 11 is 0. The van der Waals surface area contributed by atoms with Crippen LogP contribution in [-0.2, 0) is 0 Å². The van der Waals surface area contributed by atoms with Crippen molar-refractivity contribution in [1.29, 1.82) is 0 Å². The van der Waals surface area contributed by atoms with E-state index in [1.54, 1.807) is 23.3 Å². The minimum Gasteiger partial charge on any atom is -0.507 e. The van der Waals surface area contributed by atoms with Gasteiger partial charge in [0.05, 0.1) is 11.8 Å². The first-order valence-electron chi connectivity index (χ1n) is 9.61. The van der Waals surface area contributed by atoms with Gasteiger partial charge in [-0.25, -0.2) is 19.3 Å². The van der Waals surface area contributed by atoms with Gasteiger partial charge in [0.25, 0.3) is 0 Å². The maximum absolute atomic E-state index is 14.6. The first-order valence-corrected chi connectivity index (χ1v) is 9.61. The number of aromatic hydroxyl groups is 1. The van der Waals surface area contributed by atoms with Crippen LogP contribution in [0.25, 0.3) is 17.1 Å². The average Bonchev–Trinajstić information content (AvgIpc) is 3.28. The van der Waals surface area contributed by atoms with Crippen LogP contribution in [0.2, 0.25) is 0 Å². The van der Waals surface area contributed by atoms with Crippen molar-refractivity contribution in [1.82, 2.24) is 35.0 Å². The van der Waals surface area contributed by atoms with Crippen LogP contribution < -0.4 is 10.1 Å². The Hall–Kier alpha value is -3.14. The molecule has 0 spiro atoms. The third-order valence-corrected chi connectivity index (χ3v) is 5.48. The van der Waals surface area contributed by atoms with E-state index in [2.05, 4.69) is 30.5 Å². The summed E-state index contributed by atoms with van der Waals surface area (Å²) in [4.78, 5) is 12.4. The summed E-state index contributed by atoms with van der Waals surface area (Å²) < 4.78 is 22.0. The van der Waals surface area contributed by atoms with Crippen LogP contribution in [0, 0.1) is 0 Å². The van der Waals surface area contributed by atoms with Crippen LogP contribution in [0.3, 0.4) is 0 Å². The molecule has 9 nitrogen and oxygen atoms in total. The van der Waals surface area contributed by atoms with Gasteiger partial charge in [0, 0.05) is 43.2 Å². The van der Waals surface area contributed by atoms with Crippen molar-refractivity contribution in [2.24, 2.45) is 0 Å². The van der Waals surface area contributed by atoms with Gasteiger partial charge >= 0.3 is 6.01 Å². The van der Waals surface area contributed by atoms with Gasteiger partial charge in [-0.3, -0.25) is 4.57 Å². The van der Waals surface area contributed by atoms with Crippen molar-refractivity contribution in [2.75, 3.05) is 0 Å². The smallest absolute Gasteiger partial charge is 0.336 e. The van der Waals surface area contributed by atoms with E-state index in [1.807, 2.05) is 0 Å². The largest absolute Gasteiger partial charge is 0.507 e. The number of pyridine rings is 1. The molecule has 2 aliphatic heterocycles. The van der Waals surface area contributed by atoms with Crippen LogP contribution in [-0.4, -0.2) is 59.2 Å². The molecular weight excluding hydrogens is 377 g/mol. The number of imidazole rings is 1. The lowest BCUT2D eigenvalue weighted by atomic mass is 9.84. The van der Waals surface area contributed by atoms with Crippen molar-refractivity contribution < 1.29 is 14.2 Å². The second-order valence-electron chi connectivity index (χ2n) is 7.39. The number of hydrogen-bond acceptors (Lipinski definition) is 8. The predicted molar refractivity (Wildman–Crippen MR) is 100 cm³/mol. The van der Waals surface area contributed by atoms with Gasteiger partial charge in [0.15, 0.2) is 6.17 Å². The summed E-state index contributed by atoms with van der Waals surface area (Å²) in [6.07, 6.45) is 9.65. The number of nitrogens with one attached hydrogen (secondary N) is 1. The quantitative estimate of drug-likeness (QED) is 0.686. The fraction of sp³-hybridized carbons (Fsp3) is 0.421. The second kappa shape index (κ2) is 7.36. The van der Waals surface area contributed by atoms with E-state index in [4.69, 9.17) is 4.74 Å². The van der Waals surface area contributed by atoms with Crippen LogP contribution in [0.1, 0.15) is 25.7 Å². The summed E-state index contributed by atoms with van der Waals surface area (Å²) in [6, 6.07) is 1.64. The Labute approximate surface area is 166 Å². The van der Waals surface area contributed by atoms with Gasteiger partial charge in [0.1, 0.15) is 29.7 Å². The number of ether oxygens (including phenoxy) is 1. The Bertz CT molecular complexity index is 983. The molecule has 5 heterocycles. The van der Waals surface area contributed by atoms with Crippen LogP contribution >= 0.6 is 0 Å². The molecule has 0 amide bonds. The molecule has 150 valence electrons. The molecule has 0 aliphatic carbocycles. The van der Waals surface area contributed by atoms with Crippen LogP contribution in [0.5, 0.6) is 11.8 Å². The SMILES string of the molecule is Oc1cc(-n2ccnc2)ncc1-c1cnc(O[C@@H]2C[C@H]3CCC[C@H](N3)[C@H]2F)nn1. The lowest BCUT2D eigenvalue weighted by molar-refractivity contribution is 0.00387. The van der Waals surface area contributed by atoms with Crippen molar-refractivity contribution >= 4 is 0 Å². The third kappa shape index (κ3) is 3.51. The van der Waals surface area contributed by atoms with E-state index in [0.717, 1.165) is 19.3 Å². The molecule has 2 aliphatic rings. The Morgan fingerprint density at radius 1 is 1.21 bits per heavy atom. The first kappa shape index (κ1) is 17.9. The fourth-order valence-electron chi connectivity index (χ4n) is 4.02. The number of piperidine rings is 2. The maximum Gasteiger partial charge on any atom is 0.336 e. The number of aromatic nitrogens is 6. The van der Waals surface area contributed by atoms with Crippen molar-refractivity contribution in [3.63, 3.8) is 0 Å². The number of rotatable bonds is 4. The second-order valence-corrected chi connectivity index (χ2v) is 7.39. The monoisotopic (exact) mass is 397 g/mol. The van der Waals surface area contributed by atoms with E-state index in [0.29, 0.717) is 23.5 Å². The molecule has 2 bridgehead atoms. The van der Waals surface area contributed by atoms with Crippen LogP contribution in [0.15, 0.2) is 37.2 Å². The lowest BCUT2D eigenvalue weighted by Gasteiger charge is -2.42. The van der Waals surface area contributed by atoms with Crippen molar-refractivity contribution in [3.05, 3.63) is 37.2 Å². The molecule has 29 heavy (non-hydrogen) atoms. The van der Waals surface area contributed by atoms with E-state index >= 15 is 0 Å². The Kier molecular flexibility index (Phi) is 4.55. The molecular formula is C19H20FN7O2. The molecule has 10 heteroatoms. The molecule has 0 unspecified atom stereocenters. The summed E-state index contributed by atoms with van der Waals surface area (Å²) in [6.45, 7) is 0. The van der Waals surface area contributed by atoms with E-state index in [9.17, 15) is 9.50 Å². The molecule has 5 rings (SSSR count). The summed E-state index contributed by atoms with van der Waals surface area (Å²) in [5, 5.41) is 21.7. The topological polar surface area (TPSA) is 111 Å². The summed E-state index contributed by atoms with van der Waals surface area (Å²) in [5.41, 5.74) is 0.735. The van der Waals surface area contributed by atoms with E-state index in [-0.39, 0.29) is 23.8 Å². The zero-order chi connectivity index (χ0) is 19.8. The van der Waals surface area contributed by atoms with Crippen molar-refractivity contribution in [2.45, 2.75) is 50.0 Å². The molecule has 2 fully saturated rings. The van der Waals surface area contributed by atoms with Gasteiger partial charge in [-0.05, 0) is 12.8 Å². The Morgan fingerprint density at radius 3 is 2.90 bits per heavy atom. The maximum atomic E-state index is 14.6. The number of halogens is 1. The minimum atomic E-state index is -1.10. The van der Waals surface area contributed by atoms with Gasteiger partial charge in [0.2, 0.25) is 0 Å². The number of nitrogens with zero attached hydrogens (tertiary/aromatic N) is 6. The highest BCUT2D eigenvalue weighted by Gasteiger charge is 2.41. The number of hydrogen-bond donors (Lipinski definition) is 2. The standard InChI is InChI=1S/C19H20FN7O2/c20-18-13-3-1-2-11(24-13)6-16(18)29-19-23-9-14(25-26-19)12-8-22-17(7-15(12)28)27-5-4-21-10-27/h4-5,7-11,13,16,18,24H,1-3,6H2,(H,22,28)/t11-,13+,16-,18-/m1/s1. The molecule has 0 saturated carbocycles. The van der Waals surface area contributed by atoms with Crippen LogP contribution in [0.4, 0.5) is 4.39 Å². The highest BCUT2D eigenvalue weighted by Crippen LogP contribution is 2.31. The molecule has 3 aromatic rings. The zero-order valence-corrected chi connectivity index (χ0v) is 15.5.